The van der Waals surface area contributed by atoms with Gasteiger partial charge in [0.2, 0.25) is 0 Å². The first-order chi connectivity index (χ1) is 14.8. The van der Waals surface area contributed by atoms with Gasteiger partial charge < -0.3 is 24.7 Å². The summed E-state index contributed by atoms with van der Waals surface area (Å²) >= 11 is 0. The molecule has 3 aromatic rings. The molecule has 31 heavy (non-hydrogen) atoms. The SMILES string of the molecule is COc1ccc(C(F)(F)F)cc1Nc1ncc(C(=O)N2CCOCC2)c2c(C)c[nH]c12. The number of alkyl halides is 3. The average molecular weight is 434 g/mol. The van der Waals surface area contributed by atoms with E-state index in [1.165, 1.54) is 19.4 Å². The van der Waals surface area contributed by atoms with Crippen molar-refractivity contribution in [2.75, 3.05) is 38.7 Å². The first-order valence-electron chi connectivity index (χ1n) is 9.65. The first-order valence-corrected chi connectivity index (χ1v) is 9.65. The summed E-state index contributed by atoms with van der Waals surface area (Å²) in [5.41, 5.74) is 1.08. The van der Waals surface area contributed by atoms with Gasteiger partial charge in [0.05, 0.1) is 42.7 Å². The number of aromatic amines is 1. The summed E-state index contributed by atoms with van der Waals surface area (Å²) in [5, 5.41) is 3.59. The van der Waals surface area contributed by atoms with Crippen LogP contribution in [0.4, 0.5) is 24.7 Å². The quantitative estimate of drug-likeness (QED) is 0.646. The summed E-state index contributed by atoms with van der Waals surface area (Å²) in [6.07, 6.45) is -1.32. The van der Waals surface area contributed by atoms with Gasteiger partial charge in [-0.2, -0.15) is 13.2 Å². The van der Waals surface area contributed by atoms with Gasteiger partial charge >= 0.3 is 6.18 Å². The molecule has 1 amide bonds. The summed E-state index contributed by atoms with van der Waals surface area (Å²) in [7, 11) is 1.37. The Kier molecular flexibility index (Phi) is 5.48. The predicted molar refractivity (Wildman–Crippen MR) is 109 cm³/mol. The van der Waals surface area contributed by atoms with Crippen LogP contribution in [0.15, 0.2) is 30.6 Å². The molecule has 4 rings (SSSR count). The summed E-state index contributed by atoms with van der Waals surface area (Å²) in [6, 6.07) is 3.17. The minimum absolute atomic E-state index is 0.116. The number of amides is 1. The number of fused-ring (bicyclic) bond motifs is 1. The molecule has 1 fully saturated rings. The number of morpholine rings is 1. The zero-order valence-corrected chi connectivity index (χ0v) is 17.0. The second-order valence-electron chi connectivity index (χ2n) is 7.18. The van der Waals surface area contributed by atoms with E-state index in [-0.39, 0.29) is 17.3 Å². The highest BCUT2D eigenvalue weighted by Crippen LogP contribution is 2.37. The topological polar surface area (TPSA) is 79.5 Å². The molecular weight excluding hydrogens is 413 g/mol. The fourth-order valence-corrected chi connectivity index (χ4v) is 3.62. The Bertz CT molecular complexity index is 1120. The van der Waals surface area contributed by atoms with Crippen LogP contribution in [-0.4, -0.2) is 54.2 Å². The third-order valence-electron chi connectivity index (χ3n) is 5.21. The van der Waals surface area contributed by atoms with E-state index < -0.39 is 11.7 Å². The number of carbonyl (C=O) groups is 1. The van der Waals surface area contributed by atoms with Gasteiger partial charge in [-0.3, -0.25) is 4.79 Å². The van der Waals surface area contributed by atoms with Crippen LogP contribution in [0.2, 0.25) is 0 Å². The van der Waals surface area contributed by atoms with E-state index in [4.69, 9.17) is 9.47 Å². The number of nitrogens with zero attached hydrogens (tertiary/aromatic N) is 2. The highest BCUT2D eigenvalue weighted by Gasteiger charge is 2.31. The zero-order valence-electron chi connectivity index (χ0n) is 17.0. The van der Waals surface area contributed by atoms with Crippen molar-refractivity contribution in [2.45, 2.75) is 13.1 Å². The average Bonchev–Trinajstić information content (AvgIpc) is 3.15. The predicted octanol–water partition coefficient (Wildman–Crippen LogP) is 4.11. The maximum atomic E-state index is 13.2. The number of H-pyrrole nitrogens is 1. The molecule has 164 valence electrons. The Balaban J connectivity index is 1.75. The largest absolute Gasteiger partial charge is 0.495 e. The third-order valence-corrected chi connectivity index (χ3v) is 5.21. The molecule has 1 aliphatic rings. The molecule has 10 heteroatoms. The number of ether oxygens (including phenoxy) is 2. The first kappa shape index (κ1) is 21.0. The minimum atomic E-state index is -4.50. The van der Waals surface area contributed by atoms with Gasteiger partial charge in [-0.25, -0.2) is 4.98 Å². The monoisotopic (exact) mass is 434 g/mol. The number of carbonyl (C=O) groups excluding carboxylic acids is 1. The molecule has 1 saturated heterocycles. The molecule has 0 saturated carbocycles. The van der Waals surface area contributed by atoms with Crippen LogP contribution in [0.3, 0.4) is 0 Å². The Morgan fingerprint density at radius 3 is 2.71 bits per heavy atom. The number of rotatable bonds is 4. The molecule has 2 aromatic heterocycles. The fourth-order valence-electron chi connectivity index (χ4n) is 3.62. The van der Waals surface area contributed by atoms with E-state index in [1.807, 2.05) is 6.92 Å². The second kappa shape index (κ2) is 8.10. The number of aryl methyl sites for hydroxylation is 1. The lowest BCUT2D eigenvalue weighted by Crippen LogP contribution is -2.40. The van der Waals surface area contributed by atoms with Crippen molar-refractivity contribution in [1.29, 1.82) is 0 Å². The zero-order chi connectivity index (χ0) is 22.2. The van der Waals surface area contributed by atoms with E-state index in [2.05, 4.69) is 15.3 Å². The Morgan fingerprint density at radius 2 is 2.03 bits per heavy atom. The molecule has 1 aromatic carbocycles. The molecule has 0 unspecified atom stereocenters. The van der Waals surface area contributed by atoms with Crippen LogP contribution in [0, 0.1) is 6.92 Å². The molecule has 0 radical (unpaired) electrons. The molecule has 7 nitrogen and oxygen atoms in total. The number of methoxy groups -OCH3 is 1. The van der Waals surface area contributed by atoms with Gasteiger partial charge in [-0.15, -0.1) is 0 Å². The van der Waals surface area contributed by atoms with Crippen LogP contribution in [0.25, 0.3) is 10.9 Å². The van der Waals surface area contributed by atoms with Crippen LogP contribution >= 0.6 is 0 Å². The molecule has 2 N–H and O–H groups in total. The van der Waals surface area contributed by atoms with E-state index >= 15 is 0 Å². The number of benzene rings is 1. The number of hydrogen-bond donors (Lipinski definition) is 2. The Hall–Kier alpha value is -3.27. The van der Waals surface area contributed by atoms with Crippen molar-refractivity contribution in [1.82, 2.24) is 14.9 Å². The van der Waals surface area contributed by atoms with Crippen LogP contribution in [0.1, 0.15) is 21.5 Å². The van der Waals surface area contributed by atoms with Crippen molar-refractivity contribution in [3.8, 4) is 5.75 Å². The fraction of sp³-hybridized carbons (Fsp3) is 0.333. The van der Waals surface area contributed by atoms with Gasteiger partial charge in [0, 0.05) is 30.9 Å². The highest BCUT2D eigenvalue weighted by molar-refractivity contribution is 6.10. The van der Waals surface area contributed by atoms with Crippen LogP contribution < -0.4 is 10.1 Å². The van der Waals surface area contributed by atoms with Gasteiger partial charge in [-0.1, -0.05) is 0 Å². The van der Waals surface area contributed by atoms with Crippen LogP contribution in [0.5, 0.6) is 5.75 Å². The lowest BCUT2D eigenvalue weighted by atomic mass is 10.1. The smallest absolute Gasteiger partial charge is 0.416 e. The number of pyridine rings is 1. The van der Waals surface area contributed by atoms with Gasteiger partial charge in [-0.05, 0) is 30.7 Å². The van der Waals surface area contributed by atoms with E-state index in [9.17, 15) is 18.0 Å². The molecule has 0 atom stereocenters. The lowest BCUT2D eigenvalue weighted by Gasteiger charge is -2.27. The van der Waals surface area contributed by atoms with E-state index in [0.717, 1.165) is 17.7 Å². The van der Waals surface area contributed by atoms with E-state index in [1.54, 1.807) is 11.1 Å². The third kappa shape index (κ3) is 4.02. The number of halogens is 3. The van der Waals surface area contributed by atoms with Gasteiger partial charge in [0.1, 0.15) is 5.75 Å². The summed E-state index contributed by atoms with van der Waals surface area (Å²) < 4.78 is 50.0. The maximum Gasteiger partial charge on any atom is 0.416 e. The van der Waals surface area contributed by atoms with Gasteiger partial charge in [0.15, 0.2) is 5.82 Å². The minimum Gasteiger partial charge on any atom is -0.495 e. The van der Waals surface area contributed by atoms with Crippen molar-refractivity contribution >= 4 is 28.3 Å². The summed E-state index contributed by atoms with van der Waals surface area (Å²) in [5.74, 6) is 0.366. The van der Waals surface area contributed by atoms with Crippen molar-refractivity contribution < 1.29 is 27.4 Å². The van der Waals surface area contributed by atoms with Crippen LogP contribution in [-0.2, 0) is 10.9 Å². The molecular formula is C21H21F3N4O3. The lowest BCUT2D eigenvalue weighted by molar-refractivity contribution is -0.137. The number of hydrogen-bond acceptors (Lipinski definition) is 5. The number of nitrogens with one attached hydrogen (secondary N) is 2. The second-order valence-corrected chi connectivity index (χ2v) is 7.18. The van der Waals surface area contributed by atoms with Crippen molar-refractivity contribution in [2.24, 2.45) is 0 Å². The number of aromatic nitrogens is 2. The molecule has 1 aliphatic heterocycles. The molecule has 0 bridgehead atoms. The maximum absolute atomic E-state index is 13.2. The Morgan fingerprint density at radius 1 is 1.29 bits per heavy atom. The summed E-state index contributed by atoms with van der Waals surface area (Å²) in [6.45, 7) is 3.78. The molecule has 0 spiro atoms. The summed E-state index contributed by atoms with van der Waals surface area (Å²) in [4.78, 5) is 22.2. The van der Waals surface area contributed by atoms with Crippen molar-refractivity contribution in [3.63, 3.8) is 0 Å². The standard InChI is InChI=1S/C21H21F3N4O3/c1-12-10-25-18-17(12)14(20(29)28-5-7-31-8-6-28)11-26-19(18)27-15-9-13(21(22,23)24)3-4-16(15)30-2/h3-4,9-11,25H,5-8H2,1-2H3,(H,26,27). The Labute approximate surface area is 176 Å². The van der Waals surface area contributed by atoms with E-state index in [0.29, 0.717) is 48.6 Å². The molecule has 3 heterocycles. The van der Waals surface area contributed by atoms with Gasteiger partial charge in [0.25, 0.3) is 5.91 Å². The highest BCUT2D eigenvalue weighted by atomic mass is 19.4. The van der Waals surface area contributed by atoms with Crippen molar-refractivity contribution in [3.05, 3.63) is 47.3 Å². The normalized spacial score (nSPS) is 14.7. The number of anilines is 2. The molecule has 0 aliphatic carbocycles.